The monoisotopic (exact) mass is 585 g/mol. The molecule has 0 unspecified atom stereocenters. The molecule has 1 aromatic carbocycles. The number of alkyl halides is 2. The summed E-state index contributed by atoms with van der Waals surface area (Å²) < 4.78 is 43.1. The summed E-state index contributed by atoms with van der Waals surface area (Å²) in [5.41, 5.74) is 2.45. The molecular formula is C27H29F2N7O4S. The SMILES string of the molecule is CC(C)(C)OC(=O)N1CCN(Cc2ccc(-c3nn(Cc4ccc(-c5nnc(C(F)F)o5)cn4)c(=S)o3)cc2)CC1. The Balaban J connectivity index is 1.16. The Morgan fingerprint density at radius 3 is 2.29 bits per heavy atom. The van der Waals surface area contributed by atoms with Gasteiger partial charge in [-0.1, -0.05) is 12.1 Å². The molecule has 0 bridgehead atoms. The van der Waals surface area contributed by atoms with Crippen LogP contribution in [0, 0.1) is 4.84 Å². The Morgan fingerprint density at radius 1 is 0.976 bits per heavy atom. The molecule has 0 saturated carbocycles. The lowest BCUT2D eigenvalue weighted by molar-refractivity contribution is 0.0139. The highest BCUT2D eigenvalue weighted by atomic mass is 32.1. The smallest absolute Gasteiger partial charge is 0.410 e. The summed E-state index contributed by atoms with van der Waals surface area (Å²) in [6.07, 6.45) is -1.65. The lowest BCUT2D eigenvalue weighted by Gasteiger charge is -2.35. The quantitative estimate of drug-likeness (QED) is 0.263. The minimum atomic E-state index is -2.84. The van der Waals surface area contributed by atoms with Gasteiger partial charge in [-0.2, -0.15) is 8.78 Å². The van der Waals surface area contributed by atoms with Gasteiger partial charge in [0.25, 0.3) is 10.7 Å². The first-order chi connectivity index (χ1) is 19.5. The van der Waals surface area contributed by atoms with Crippen molar-refractivity contribution < 1.29 is 27.1 Å². The van der Waals surface area contributed by atoms with Crippen LogP contribution in [0.2, 0.25) is 0 Å². The van der Waals surface area contributed by atoms with Crippen LogP contribution in [0.4, 0.5) is 13.6 Å². The molecule has 0 aliphatic carbocycles. The zero-order chi connectivity index (χ0) is 29.1. The minimum Gasteiger partial charge on any atom is -0.444 e. The van der Waals surface area contributed by atoms with E-state index in [0.717, 1.165) is 30.8 Å². The molecule has 0 spiro atoms. The largest absolute Gasteiger partial charge is 0.444 e. The van der Waals surface area contributed by atoms with Crippen molar-refractivity contribution in [3.63, 3.8) is 0 Å². The average molecular weight is 586 g/mol. The van der Waals surface area contributed by atoms with Crippen molar-refractivity contribution in [2.24, 2.45) is 0 Å². The van der Waals surface area contributed by atoms with Crippen molar-refractivity contribution in [3.8, 4) is 22.9 Å². The van der Waals surface area contributed by atoms with Crippen molar-refractivity contribution in [1.82, 2.24) is 34.8 Å². The van der Waals surface area contributed by atoms with Crippen molar-refractivity contribution >= 4 is 18.3 Å². The summed E-state index contributed by atoms with van der Waals surface area (Å²) in [7, 11) is 0. The Hall–Kier alpha value is -4.04. The number of carbonyl (C=O) groups excluding carboxylic acids is 1. The standard InChI is InChI=1S/C27H29F2N7O4S/c1-27(2,3)40-25(37)35-12-10-34(11-13-35)15-17-4-6-18(7-5-17)23-33-36(26(41)39-23)16-20-9-8-19(14-30-20)22-31-32-24(38-22)21(28)29/h4-9,14,21H,10-13,15-16H2,1-3H3. The Labute approximate surface area is 239 Å². The van der Waals surface area contributed by atoms with Crippen LogP contribution in [0.25, 0.3) is 22.9 Å². The van der Waals surface area contributed by atoms with Gasteiger partial charge in [-0.3, -0.25) is 9.88 Å². The van der Waals surface area contributed by atoms with Crippen molar-refractivity contribution in [2.75, 3.05) is 26.2 Å². The van der Waals surface area contributed by atoms with Crippen molar-refractivity contribution in [3.05, 3.63) is 64.6 Å². The fourth-order valence-corrected chi connectivity index (χ4v) is 4.37. The molecule has 0 N–H and O–H groups in total. The molecule has 4 heterocycles. The van der Waals surface area contributed by atoms with Crippen LogP contribution in [0.15, 0.2) is 51.4 Å². The van der Waals surface area contributed by atoms with E-state index in [2.05, 4.69) is 25.2 Å². The predicted molar refractivity (Wildman–Crippen MR) is 145 cm³/mol. The third-order valence-corrected chi connectivity index (χ3v) is 6.54. The van der Waals surface area contributed by atoms with E-state index < -0.39 is 17.9 Å². The van der Waals surface area contributed by atoms with Gasteiger partial charge in [0.2, 0.25) is 11.8 Å². The number of hydrogen-bond donors (Lipinski definition) is 0. The number of pyridine rings is 1. The fourth-order valence-electron chi connectivity index (χ4n) is 4.19. The van der Waals surface area contributed by atoms with Crippen LogP contribution < -0.4 is 0 Å². The van der Waals surface area contributed by atoms with E-state index in [0.29, 0.717) is 30.2 Å². The summed E-state index contributed by atoms with van der Waals surface area (Å²) in [5, 5.41) is 11.4. The van der Waals surface area contributed by atoms with Gasteiger partial charge in [0, 0.05) is 44.5 Å². The lowest BCUT2D eigenvalue weighted by Crippen LogP contribution is -2.49. The van der Waals surface area contributed by atoms with Gasteiger partial charge in [-0.05, 0) is 62.8 Å². The Bertz CT molecular complexity index is 1540. The molecule has 1 amide bonds. The van der Waals surface area contributed by atoms with Crippen LogP contribution in [0.1, 0.15) is 44.3 Å². The lowest BCUT2D eigenvalue weighted by atomic mass is 10.1. The molecule has 14 heteroatoms. The van der Waals surface area contributed by atoms with Gasteiger partial charge in [0.05, 0.1) is 17.8 Å². The summed E-state index contributed by atoms with van der Waals surface area (Å²) in [4.78, 5) is 20.9. The van der Waals surface area contributed by atoms with Crippen LogP contribution in [0.5, 0.6) is 0 Å². The number of carbonyl (C=O) groups is 1. The number of halogens is 2. The van der Waals surface area contributed by atoms with E-state index in [1.165, 1.54) is 10.9 Å². The molecule has 41 heavy (non-hydrogen) atoms. The number of benzene rings is 1. The molecule has 1 aliphatic rings. The fraction of sp³-hybridized carbons (Fsp3) is 0.407. The second-order valence-electron chi connectivity index (χ2n) is 10.6. The van der Waals surface area contributed by atoms with Crippen LogP contribution in [-0.2, 0) is 17.8 Å². The summed E-state index contributed by atoms with van der Waals surface area (Å²) in [6, 6.07) is 11.2. The summed E-state index contributed by atoms with van der Waals surface area (Å²) in [6.45, 7) is 9.39. The summed E-state index contributed by atoms with van der Waals surface area (Å²) >= 11 is 5.35. The number of ether oxygens (including phenoxy) is 1. The van der Waals surface area contributed by atoms with Gasteiger partial charge in [0.1, 0.15) is 5.60 Å². The molecular weight excluding hydrogens is 556 g/mol. The number of piperazine rings is 1. The number of rotatable bonds is 7. The average Bonchev–Trinajstić information content (AvgIpc) is 3.57. The third kappa shape index (κ3) is 7.19. The molecule has 1 saturated heterocycles. The van der Waals surface area contributed by atoms with E-state index in [1.54, 1.807) is 17.0 Å². The topological polar surface area (TPSA) is 116 Å². The van der Waals surface area contributed by atoms with E-state index in [9.17, 15) is 13.6 Å². The van der Waals surface area contributed by atoms with E-state index in [-0.39, 0.29) is 23.4 Å². The second kappa shape index (κ2) is 11.8. The number of hydrogen-bond acceptors (Lipinski definition) is 10. The van der Waals surface area contributed by atoms with Crippen molar-refractivity contribution in [1.29, 1.82) is 0 Å². The molecule has 216 valence electrons. The van der Waals surface area contributed by atoms with E-state index in [4.69, 9.17) is 25.8 Å². The maximum absolute atomic E-state index is 12.7. The number of nitrogens with zero attached hydrogens (tertiary/aromatic N) is 7. The summed E-state index contributed by atoms with van der Waals surface area (Å²) in [5.74, 6) is -0.391. The van der Waals surface area contributed by atoms with Crippen LogP contribution >= 0.6 is 12.2 Å². The zero-order valence-electron chi connectivity index (χ0n) is 22.8. The Kier molecular flexibility index (Phi) is 8.22. The zero-order valence-corrected chi connectivity index (χ0v) is 23.6. The molecule has 1 fully saturated rings. The first-order valence-corrected chi connectivity index (χ1v) is 13.4. The second-order valence-corrected chi connectivity index (χ2v) is 10.9. The number of amides is 1. The van der Waals surface area contributed by atoms with Crippen molar-refractivity contribution in [2.45, 2.75) is 45.9 Å². The van der Waals surface area contributed by atoms with Gasteiger partial charge in [-0.25, -0.2) is 9.48 Å². The maximum atomic E-state index is 12.7. The van der Waals surface area contributed by atoms with Gasteiger partial charge in [-0.15, -0.1) is 15.3 Å². The first-order valence-electron chi connectivity index (χ1n) is 13.0. The minimum absolute atomic E-state index is 0.0359. The van der Waals surface area contributed by atoms with E-state index in [1.807, 2.05) is 45.0 Å². The molecule has 3 aromatic heterocycles. The normalized spacial score (nSPS) is 14.5. The van der Waals surface area contributed by atoms with Gasteiger partial charge >= 0.3 is 12.5 Å². The van der Waals surface area contributed by atoms with E-state index >= 15 is 0 Å². The van der Waals surface area contributed by atoms with Gasteiger partial charge in [0.15, 0.2) is 0 Å². The highest BCUT2D eigenvalue weighted by Crippen LogP contribution is 2.24. The molecule has 5 rings (SSSR count). The maximum Gasteiger partial charge on any atom is 0.410 e. The predicted octanol–water partition coefficient (Wildman–Crippen LogP) is 5.36. The first kappa shape index (κ1) is 28.5. The van der Waals surface area contributed by atoms with Gasteiger partial charge < -0.3 is 18.5 Å². The molecule has 1 aliphatic heterocycles. The third-order valence-electron chi connectivity index (χ3n) is 6.25. The Morgan fingerprint density at radius 2 is 1.68 bits per heavy atom. The number of aromatic nitrogens is 5. The van der Waals surface area contributed by atoms with Crippen LogP contribution in [-0.4, -0.2) is 72.6 Å². The molecule has 0 atom stereocenters. The highest BCUT2D eigenvalue weighted by Gasteiger charge is 2.26. The highest BCUT2D eigenvalue weighted by molar-refractivity contribution is 7.71. The molecule has 11 nitrogen and oxygen atoms in total. The van der Waals surface area contributed by atoms with Crippen LogP contribution in [0.3, 0.4) is 0 Å². The molecule has 4 aromatic rings. The molecule has 0 radical (unpaired) electrons.